The lowest BCUT2D eigenvalue weighted by Crippen LogP contribution is -2.42. The number of aldehydes is 1. The molecule has 0 spiro atoms. The second-order valence-electron chi connectivity index (χ2n) is 4.54. The van der Waals surface area contributed by atoms with E-state index in [1.165, 1.54) is 0 Å². The Morgan fingerprint density at radius 1 is 1.29 bits per heavy atom. The van der Waals surface area contributed by atoms with Crippen molar-refractivity contribution in [3.8, 4) is 0 Å². The van der Waals surface area contributed by atoms with E-state index in [0.29, 0.717) is 26.4 Å². The molecule has 1 aliphatic rings. The summed E-state index contributed by atoms with van der Waals surface area (Å²) in [5.74, 6) is 0. The van der Waals surface area contributed by atoms with Crippen LogP contribution in [-0.4, -0.2) is 71.5 Å². The Morgan fingerprint density at radius 3 is 2.35 bits per heavy atom. The molecule has 1 saturated heterocycles. The van der Waals surface area contributed by atoms with Gasteiger partial charge in [-0.1, -0.05) is 0 Å². The molecule has 0 saturated carbocycles. The van der Waals surface area contributed by atoms with Gasteiger partial charge >= 0.3 is 0 Å². The van der Waals surface area contributed by atoms with E-state index in [2.05, 4.69) is 4.90 Å². The van der Waals surface area contributed by atoms with Gasteiger partial charge in [0.05, 0.1) is 25.2 Å². The topological polar surface area (TPSA) is 48.0 Å². The van der Waals surface area contributed by atoms with E-state index in [1.807, 2.05) is 0 Å². The van der Waals surface area contributed by atoms with E-state index in [9.17, 15) is 4.79 Å². The number of hydrogen-bond donors (Lipinski definition) is 0. The fourth-order valence-corrected chi connectivity index (χ4v) is 2.03. The average molecular weight is 245 g/mol. The van der Waals surface area contributed by atoms with Gasteiger partial charge in [-0.25, -0.2) is 0 Å². The van der Waals surface area contributed by atoms with Crippen LogP contribution in [0.15, 0.2) is 0 Å². The minimum Gasteiger partial charge on any atom is -0.383 e. The highest BCUT2D eigenvalue weighted by molar-refractivity contribution is 5.60. The molecule has 1 heterocycles. The first kappa shape index (κ1) is 14.6. The lowest BCUT2D eigenvalue weighted by Gasteiger charge is -2.29. The Kier molecular flexibility index (Phi) is 6.65. The van der Waals surface area contributed by atoms with Crippen LogP contribution in [0.1, 0.15) is 6.42 Å². The standard InChI is InChI=1S/C12H23NO4/c1-15-7-4-13(5-8-16-2)9-12(10-14)3-6-17-11-12/h10H,3-9,11H2,1-2H3. The quantitative estimate of drug-likeness (QED) is 0.543. The molecule has 1 atom stereocenters. The molecule has 5 nitrogen and oxygen atoms in total. The first-order valence-corrected chi connectivity index (χ1v) is 6.00. The van der Waals surface area contributed by atoms with Gasteiger partial charge in [0.15, 0.2) is 0 Å². The number of carbonyl (C=O) groups is 1. The van der Waals surface area contributed by atoms with E-state index in [1.54, 1.807) is 14.2 Å². The van der Waals surface area contributed by atoms with Crippen LogP contribution < -0.4 is 0 Å². The zero-order valence-electron chi connectivity index (χ0n) is 10.8. The van der Waals surface area contributed by atoms with Crippen molar-refractivity contribution in [2.75, 3.05) is 60.3 Å². The lowest BCUT2D eigenvalue weighted by atomic mass is 9.88. The van der Waals surface area contributed by atoms with Crippen LogP contribution in [0.3, 0.4) is 0 Å². The van der Waals surface area contributed by atoms with Gasteiger partial charge in [0, 0.05) is 40.5 Å². The van der Waals surface area contributed by atoms with Gasteiger partial charge in [0.2, 0.25) is 0 Å². The fourth-order valence-electron chi connectivity index (χ4n) is 2.03. The molecule has 1 unspecified atom stereocenters. The Morgan fingerprint density at radius 2 is 1.94 bits per heavy atom. The van der Waals surface area contributed by atoms with Crippen LogP contribution in [0.4, 0.5) is 0 Å². The third-order valence-electron chi connectivity index (χ3n) is 3.15. The van der Waals surface area contributed by atoms with E-state index in [-0.39, 0.29) is 5.41 Å². The van der Waals surface area contributed by atoms with E-state index in [0.717, 1.165) is 32.3 Å². The monoisotopic (exact) mass is 245 g/mol. The summed E-state index contributed by atoms with van der Waals surface area (Å²) in [5, 5.41) is 0. The minimum atomic E-state index is -0.332. The molecule has 17 heavy (non-hydrogen) atoms. The predicted octanol–water partition coefficient (Wildman–Crippen LogP) is 0.187. The summed E-state index contributed by atoms with van der Waals surface area (Å²) >= 11 is 0. The first-order valence-electron chi connectivity index (χ1n) is 6.00. The smallest absolute Gasteiger partial charge is 0.129 e. The summed E-state index contributed by atoms with van der Waals surface area (Å²) < 4.78 is 15.5. The molecule has 1 aliphatic heterocycles. The van der Waals surface area contributed by atoms with E-state index >= 15 is 0 Å². The number of nitrogens with zero attached hydrogens (tertiary/aromatic N) is 1. The second-order valence-corrected chi connectivity index (χ2v) is 4.54. The third kappa shape index (κ3) is 4.71. The molecular weight excluding hydrogens is 222 g/mol. The SMILES string of the molecule is COCCN(CCOC)CC1(C=O)CCOC1. The number of ether oxygens (including phenoxy) is 3. The van der Waals surface area contributed by atoms with Crippen molar-refractivity contribution in [1.29, 1.82) is 0 Å². The second kappa shape index (κ2) is 7.76. The van der Waals surface area contributed by atoms with Crippen LogP contribution in [0.2, 0.25) is 0 Å². The van der Waals surface area contributed by atoms with Crippen molar-refractivity contribution < 1.29 is 19.0 Å². The number of rotatable bonds is 9. The maximum Gasteiger partial charge on any atom is 0.129 e. The normalized spacial score (nSPS) is 24.4. The molecule has 0 N–H and O–H groups in total. The first-order chi connectivity index (χ1) is 8.26. The molecule has 0 aromatic rings. The molecule has 0 bridgehead atoms. The number of methoxy groups -OCH3 is 2. The Bertz CT molecular complexity index is 209. The van der Waals surface area contributed by atoms with E-state index < -0.39 is 0 Å². The Hall–Kier alpha value is -0.490. The van der Waals surface area contributed by atoms with Crippen molar-refractivity contribution in [2.45, 2.75) is 6.42 Å². The van der Waals surface area contributed by atoms with Crippen LogP contribution in [-0.2, 0) is 19.0 Å². The molecule has 0 aliphatic carbocycles. The summed E-state index contributed by atoms with van der Waals surface area (Å²) in [6.45, 7) is 4.90. The molecule has 0 aromatic heterocycles. The van der Waals surface area contributed by atoms with Crippen LogP contribution in [0.5, 0.6) is 0 Å². The zero-order chi connectivity index (χ0) is 12.6. The third-order valence-corrected chi connectivity index (χ3v) is 3.15. The molecule has 1 rings (SSSR count). The summed E-state index contributed by atoms with van der Waals surface area (Å²) in [6.07, 6.45) is 1.86. The van der Waals surface area contributed by atoms with Crippen molar-refractivity contribution in [1.82, 2.24) is 4.90 Å². The highest BCUT2D eigenvalue weighted by Crippen LogP contribution is 2.27. The van der Waals surface area contributed by atoms with Gasteiger partial charge in [-0.05, 0) is 6.42 Å². The minimum absolute atomic E-state index is 0.332. The van der Waals surface area contributed by atoms with Crippen molar-refractivity contribution >= 4 is 6.29 Å². The largest absolute Gasteiger partial charge is 0.383 e. The lowest BCUT2D eigenvalue weighted by molar-refractivity contribution is -0.117. The molecule has 0 aromatic carbocycles. The van der Waals surface area contributed by atoms with Crippen LogP contribution in [0.25, 0.3) is 0 Å². The molecule has 0 radical (unpaired) electrons. The molecule has 0 amide bonds. The molecule has 5 heteroatoms. The van der Waals surface area contributed by atoms with Crippen LogP contribution >= 0.6 is 0 Å². The highest BCUT2D eigenvalue weighted by atomic mass is 16.5. The highest BCUT2D eigenvalue weighted by Gasteiger charge is 2.36. The average Bonchev–Trinajstić information content (AvgIpc) is 2.82. The Balaban J connectivity index is 2.47. The van der Waals surface area contributed by atoms with Gasteiger partial charge in [0.25, 0.3) is 0 Å². The molecule has 1 fully saturated rings. The van der Waals surface area contributed by atoms with E-state index in [4.69, 9.17) is 14.2 Å². The number of carbonyl (C=O) groups excluding carboxylic acids is 1. The summed E-state index contributed by atoms with van der Waals surface area (Å²) in [4.78, 5) is 13.4. The van der Waals surface area contributed by atoms with Gasteiger partial charge < -0.3 is 19.0 Å². The zero-order valence-corrected chi connectivity index (χ0v) is 10.8. The van der Waals surface area contributed by atoms with Crippen LogP contribution in [0, 0.1) is 5.41 Å². The van der Waals surface area contributed by atoms with Gasteiger partial charge in [-0.2, -0.15) is 0 Å². The van der Waals surface area contributed by atoms with Gasteiger partial charge in [-0.3, -0.25) is 4.90 Å². The Labute approximate surface area is 103 Å². The van der Waals surface area contributed by atoms with Gasteiger partial charge in [-0.15, -0.1) is 0 Å². The predicted molar refractivity (Wildman–Crippen MR) is 64.1 cm³/mol. The maximum atomic E-state index is 11.2. The van der Waals surface area contributed by atoms with Crippen molar-refractivity contribution in [3.63, 3.8) is 0 Å². The summed E-state index contributed by atoms with van der Waals surface area (Å²) in [7, 11) is 3.37. The fraction of sp³-hybridized carbons (Fsp3) is 0.917. The maximum absolute atomic E-state index is 11.2. The molecular formula is C12H23NO4. The molecule has 100 valence electrons. The number of hydrogen-bond acceptors (Lipinski definition) is 5. The summed E-state index contributed by atoms with van der Waals surface area (Å²) in [5.41, 5.74) is -0.332. The van der Waals surface area contributed by atoms with Crippen molar-refractivity contribution in [2.24, 2.45) is 5.41 Å². The summed E-state index contributed by atoms with van der Waals surface area (Å²) in [6, 6.07) is 0. The van der Waals surface area contributed by atoms with Gasteiger partial charge in [0.1, 0.15) is 6.29 Å². The van der Waals surface area contributed by atoms with Crippen molar-refractivity contribution in [3.05, 3.63) is 0 Å².